The number of nitrogens with one attached hydrogen (secondary N) is 2. The van der Waals surface area contributed by atoms with Crippen LogP contribution < -0.4 is 15.4 Å². The molecule has 9 heteroatoms. The molecule has 8 nitrogen and oxygen atoms in total. The Morgan fingerprint density at radius 3 is 2.66 bits per heavy atom. The number of benzene rings is 1. The molecule has 0 aromatic heterocycles. The lowest BCUT2D eigenvalue weighted by Crippen LogP contribution is -2.60. The Kier molecular flexibility index (Phi) is 8.85. The van der Waals surface area contributed by atoms with E-state index >= 15 is 0 Å². The highest BCUT2D eigenvalue weighted by Crippen LogP contribution is 2.14. The van der Waals surface area contributed by atoms with Crippen LogP contribution in [0.2, 0.25) is 0 Å². The van der Waals surface area contributed by atoms with E-state index in [2.05, 4.69) is 17.6 Å². The third-order valence-electron chi connectivity index (χ3n) is 4.36. The second-order valence-electron chi connectivity index (χ2n) is 6.50. The van der Waals surface area contributed by atoms with Gasteiger partial charge in [0.1, 0.15) is 11.8 Å². The first-order valence-electron chi connectivity index (χ1n) is 9.74. The lowest BCUT2D eigenvalue weighted by molar-refractivity contribution is -0.147. The van der Waals surface area contributed by atoms with E-state index in [1.54, 1.807) is 36.1 Å². The minimum atomic E-state index is -0.815. The minimum Gasteiger partial charge on any atom is -0.494 e. The third-order valence-corrected chi connectivity index (χ3v) is 4.70. The Morgan fingerprint density at radius 1 is 1.28 bits per heavy atom. The number of hydrogen-bond acceptors (Lipinski definition) is 6. The second-order valence-corrected chi connectivity index (χ2v) is 6.88. The number of piperazine rings is 1. The Balaban J connectivity index is 1.98. The van der Waals surface area contributed by atoms with Crippen molar-refractivity contribution in [2.75, 3.05) is 26.3 Å². The summed E-state index contributed by atoms with van der Waals surface area (Å²) in [5, 5.41) is 5.44. The van der Waals surface area contributed by atoms with Crippen LogP contribution in [-0.2, 0) is 14.3 Å². The molecule has 1 aliphatic rings. The van der Waals surface area contributed by atoms with Gasteiger partial charge in [0, 0.05) is 18.7 Å². The first kappa shape index (κ1) is 22.6. The number of unbranched alkanes of at least 4 members (excludes halogenated alkanes) is 1. The molecule has 1 saturated heterocycles. The lowest BCUT2D eigenvalue weighted by Gasteiger charge is -2.36. The normalized spacial score (nSPS) is 16.0. The Morgan fingerprint density at radius 2 is 2.00 bits per heavy atom. The summed E-state index contributed by atoms with van der Waals surface area (Å²) in [6.45, 7) is 5.40. The van der Waals surface area contributed by atoms with Crippen molar-refractivity contribution in [2.45, 2.75) is 39.2 Å². The molecule has 1 aliphatic heterocycles. The number of hydrogen-bond donors (Lipinski definition) is 2. The van der Waals surface area contributed by atoms with E-state index < -0.39 is 17.9 Å². The number of nitrogens with zero attached hydrogens (tertiary/aromatic N) is 1. The van der Waals surface area contributed by atoms with E-state index in [1.807, 2.05) is 0 Å². The van der Waals surface area contributed by atoms with Gasteiger partial charge in [-0.3, -0.25) is 19.7 Å². The van der Waals surface area contributed by atoms with Crippen molar-refractivity contribution in [3.63, 3.8) is 0 Å². The van der Waals surface area contributed by atoms with Gasteiger partial charge in [0.15, 0.2) is 5.11 Å². The summed E-state index contributed by atoms with van der Waals surface area (Å²) in [5.41, 5.74) is 0.415. The van der Waals surface area contributed by atoms with Gasteiger partial charge < -0.3 is 19.7 Å². The maximum Gasteiger partial charge on any atom is 0.308 e. The van der Waals surface area contributed by atoms with Crippen LogP contribution in [0.15, 0.2) is 24.3 Å². The molecule has 0 unspecified atom stereocenters. The zero-order valence-electron chi connectivity index (χ0n) is 16.7. The molecule has 1 aromatic rings. The number of rotatable bonds is 8. The molecular weight excluding hydrogens is 394 g/mol. The molecular formula is C20H27N3O5S. The van der Waals surface area contributed by atoms with Crippen LogP contribution in [0.3, 0.4) is 0 Å². The molecule has 2 N–H and O–H groups in total. The van der Waals surface area contributed by atoms with Gasteiger partial charge in [-0.25, -0.2) is 0 Å². The number of amides is 2. The highest BCUT2D eigenvalue weighted by molar-refractivity contribution is 7.80. The molecule has 0 radical (unpaired) electrons. The van der Waals surface area contributed by atoms with Crippen molar-refractivity contribution in [3.05, 3.63) is 29.8 Å². The van der Waals surface area contributed by atoms with Crippen LogP contribution in [0.25, 0.3) is 0 Å². The Labute approximate surface area is 175 Å². The van der Waals surface area contributed by atoms with Crippen molar-refractivity contribution in [1.82, 2.24) is 15.5 Å². The van der Waals surface area contributed by atoms with Crippen LogP contribution >= 0.6 is 12.2 Å². The van der Waals surface area contributed by atoms with Gasteiger partial charge in [-0.15, -0.1) is 0 Å². The molecule has 2 amide bonds. The van der Waals surface area contributed by atoms with Crippen LogP contribution in [0, 0.1) is 0 Å². The van der Waals surface area contributed by atoms with Crippen LogP contribution in [-0.4, -0.2) is 60.1 Å². The number of carbonyl (C=O) groups excluding carboxylic acids is 3. The quantitative estimate of drug-likeness (QED) is 0.374. The first-order valence-corrected chi connectivity index (χ1v) is 10.1. The molecule has 1 heterocycles. The van der Waals surface area contributed by atoms with Crippen molar-refractivity contribution >= 4 is 35.1 Å². The van der Waals surface area contributed by atoms with Gasteiger partial charge in [-0.05, 0) is 49.8 Å². The van der Waals surface area contributed by atoms with Crippen molar-refractivity contribution < 1.29 is 23.9 Å². The van der Waals surface area contributed by atoms with Crippen molar-refractivity contribution in [1.29, 1.82) is 0 Å². The topological polar surface area (TPSA) is 97.0 Å². The van der Waals surface area contributed by atoms with Gasteiger partial charge in [0.05, 0.1) is 19.6 Å². The standard InChI is InChI=1S/C20H27N3O5S/c1-3-5-12-28-15-8-6-14(7-9-15)18(25)22-20(29)23-11-10-21-19(26)16(23)13-17(24)27-4-2/h6-9,16H,3-5,10-13H2,1-2H3,(H,21,26)(H,22,25,29)/t16-/m0/s1. The fourth-order valence-electron chi connectivity index (χ4n) is 2.82. The molecule has 29 heavy (non-hydrogen) atoms. The van der Waals surface area contributed by atoms with Gasteiger partial charge >= 0.3 is 5.97 Å². The van der Waals surface area contributed by atoms with Gasteiger partial charge in [0.25, 0.3) is 5.91 Å². The minimum absolute atomic E-state index is 0.0995. The maximum absolute atomic E-state index is 12.5. The smallest absolute Gasteiger partial charge is 0.308 e. The highest BCUT2D eigenvalue weighted by Gasteiger charge is 2.34. The molecule has 158 valence electrons. The zero-order chi connectivity index (χ0) is 21.2. The number of ether oxygens (including phenoxy) is 2. The van der Waals surface area contributed by atoms with E-state index in [1.165, 1.54) is 0 Å². The molecule has 0 bridgehead atoms. The van der Waals surface area contributed by atoms with Crippen LogP contribution in [0.5, 0.6) is 5.75 Å². The van der Waals surface area contributed by atoms with Crippen molar-refractivity contribution in [2.24, 2.45) is 0 Å². The molecule has 0 saturated carbocycles. The highest BCUT2D eigenvalue weighted by atomic mass is 32.1. The van der Waals surface area contributed by atoms with Crippen molar-refractivity contribution in [3.8, 4) is 5.75 Å². The fraction of sp³-hybridized carbons (Fsp3) is 0.500. The molecule has 2 rings (SSSR count). The van der Waals surface area contributed by atoms with E-state index in [4.69, 9.17) is 21.7 Å². The first-order chi connectivity index (χ1) is 14.0. The van der Waals surface area contributed by atoms with Gasteiger partial charge in [0.2, 0.25) is 5.91 Å². The van der Waals surface area contributed by atoms with E-state index in [0.717, 1.165) is 12.8 Å². The maximum atomic E-state index is 12.5. The molecule has 1 atom stereocenters. The summed E-state index contributed by atoms with van der Waals surface area (Å²) in [7, 11) is 0. The third kappa shape index (κ3) is 6.70. The fourth-order valence-corrected chi connectivity index (χ4v) is 3.13. The molecule has 0 aliphatic carbocycles. The van der Waals surface area contributed by atoms with E-state index in [9.17, 15) is 14.4 Å². The predicted molar refractivity (Wildman–Crippen MR) is 112 cm³/mol. The lowest BCUT2D eigenvalue weighted by atomic mass is 10.1. The molecule has 1 aromatic carbocycles. The SMILES string of the molecule is CCCCOc1ccc(C(=O)NC(=S)N2CCNC(=O)[C@@H]2CC(=O)OCC)cc1. The Bertz CT molecular complexity index is 738. The van der Waals surface area contributed by atoms with Gasteiger partial charge in [-0.2, -0.15) is 0 Å². The predicted octanol–water partition coefficient (Wildman–Crippen LogP) is 1.63. The molecule has 0 spiro atoms. The number of esters is 1. The molecule has 1 fully saturated rings. The summed E-state index contributed by atoms with van der Waals surface area (Å²) in [4.78, 5) is 38.1. The van der Waals surface area contributed by atoms with E-state index in [-0.39, 0.29) is 24.0 Å². The summed E-state index contributed by atoms with van der Waals surface area (Å²) in [6.07, 6.45) is 1.87. The Hall–Kier alpha value is -2.68. The summed E-state index contributed by atoms with van der Waals surface area (Å²) < 4.78 is 10.5. The largest absolute Gasteiger partial charge is 0.494 e. The van der Waals surface area contributed by atoms with E-state index in [0.29, 0.717) is 31.0 Å². The van der Waals surface area contributed by atoms with Gasteiger partial charge in [-0.1, -0.05) is 13.3 Å². The number of thiocarbonyl (C=S) groups is 1. The van der Waals surface area contributed by atoms with Crippen LogP contribution in [0.4, 0.5) is 0 Å². The average molecular weight is 422 g/mol. The monoisotopic (exact) mass is 421 g/mol. The number of carbonyl (C=O) groups is 3. The summed E-state index contributed by atoms with van der Waals surface area (Å²) >= 11 is 5.33. The average Bonchev–Trinajstić information content (AvgIpc) is 2.70. The van der Waals surface area contributed by atoms with Crippen LogP contribution in [0.1, 0.15) is 43.5 Å². The summed E-state index contributed by atoms with van der Waals surface area (Å²) in [5.74, 6) is -0.516. The summed E-state index contributed by atoms with van der Waals surface area (Å²) in [6, 6.07) is 5.94. The second kappa shape index (κ2) is 11.4. The zero-order valence-corrected chi connectivity index (χ0v) is 17.5.